The van der Waals surface area contributed by atoms with E-state index in [9.17, 15) is 9.90 Å². The van der Waals surface area contributed by atoms with Gasteiger partial charge >= 0.3 is 0 Å². The Morgan fingerprint density at radius 1 is 1.38 bits per heavy atom. The van der Waals surface area contributed by atoms with Crippen molar-refractivity contribution in [3.8, 4) is 0 Å². The summed E-state index contributed by atoms with van der Waals surface area (Å²) in [4.78, 5) is 18.2. The van der Waals surface area contributed by atoms with Gasteiger partial charge in [0.15, 0.2) is 0 Å². The number of carbonyl (C=O) groups excluding carboxylic acids is 1. The fraction of sp³-hybridized carbons (Fsp3) is 0.571. The maximum Gasteiger partial charge on any atom is 0.224 e. The molecule has 1 saturated heterocycles. The summed E-state index contributed by atoms with van der Waals surface area (Å²) in [6, 6.07) is 8.38. The number of fused-ring (bicyclic) bond motifs is 1. The fourth-order valence-corrected chi connectivity index (χ4v) is 5.70. The number of rotatable bonds is 4. The Bertz CT molecular complexity index is 810. The van der Waals surface area contributed by atoms with Crippen molar-refractivity contribution in [3.63, 3.8) is 0 Å². The van der Waals surface area contributed by atoms with Crippen LogP contribution in [0.1, 0.15) is 32.3 Å². The zero-order valence-corrected chi connectivity index (χ0v) is 15.8. The van der Waals surface area contributed by atoms with Crippen LogP contribution in [0.25, 0.3) is 10.9 Å². The molecule has 4 rings (SSSR count). The van der Waals surface area contributed by atoms with Gasteiger partial charge < -0.3 is 20.3 Å². The highest BCUT2D eigenvalue weighted by Crippen LogP contribution is 2.52. The van der Waals surface area contributed by atoms with E-state index in [0.717, 1.165) is 35.9 Å². The molecule has 5 nitrogen and oxygen atoms in total. The molecular formula is C21H29N3O2. The van der Waals surface area contributed by atoms with Gasteiger partial charge in [0.1, 0.15) is 0 Å². The third-order valence-corrected chi connectivity index (χ3v) is 6.38. The minimum Gasteiger partial charge on any atom is -0.391 e. The topological polar surface area (TPSA) is 68.4 Å². The molecule has 0 radical (unpaired) electrons. The van der Waals surface area contributed by atoms with Crippen LogP contribution in [0.15, 0.2) is 30.5 Å². The quantitative estimate of drug-likeness (QED) is 0.788. The van der Waals surface area contributed by atoms with Crippen LogP contribution in [0.4, 0.5) is 0 Å². The average Bonchev–Trinajstić information content (AvgIpc) is 3.09. The predicted octanol–water partition coefficient (Wildman–Crippen LogP) is 2.31. The Labute approximate surface area is 154 Å². The van der Waals surface area contributed by atoms with Gasteiger partial charge in [-0.3, -0.25) is 4.79 Å². The maximum atomic E-state index is 12.6. The van der Waals surface area contributed by atoms with E-state index in [-0.39, 0.29) is 17.4 Å². The van der Waals surface area contributed by atoms with Gasteiger partial charge in [0, 0.05) is 35.1 Å². The molecule has 1 spiro atoms. The minimum atomic E-state index is -0.447. The van der Waals surface area contributed by atoms with Gasteiger partial charge in [0.05, 0.1) is 18.6 Å². The molecule has 1 amide bonds. The molecule has 1 aromatic heterocycles. The first-order valence-electron chi connectivity index (χ1n) is 9.62. The number of benzene rings is 1. The van der Waals surface area contributed by atoms with Crippen LogP contribution >= 0.6 is 0 Å². The number of aliphatic hydroxyl groups excluding tert-OH is 1. The first-order valence-corrected chi connectivity index (χ1v) is 9.62. The second-order valence-corrected chi connectivity index (χ2v) is 8.65. The van der Waals surface area contributed by atoms with Crippen molar-refractivity contribution in [1.82, 2.24) is 15.2 Å². The summed E-state index contributed by atoms with van der Waals surface area (Å²) in [5, 5.41) is 14.8. The van der Waals surface area contributed by atoms with Gasteiger partial charge in [-0.1, -0.05) is 32.0 Å². The van der Waals surface area contributed by atoms with Crippen LogP contribution in [0.5, 0.6) is 0 Å². The van der Waals surface area contributed by atoms with Crippen LogP contribution in [0, 0.1) is 11.3 Å². The maximum absolute atomic E-state index is 12.6. The van der Waals surface area contributed by atoms with Crippen molar-refractivity contribution in [3.05, 3.63) is 36.0 Å². The molecule has 1 saturated carbocycles. The zero-order chi connectivity index (χ0) is 18.5. The molecule has 1 aliphatic carbocycles. The highest BCUT2D eigenvalue weighted by molar-refractivity contribution is 5.88. The molecule has 0 bridgehead atoms. The molecular weight excluding hydrogens is 326 g/mol. The number of H-pyrrole nitrogens is 1. The SMILES string of the molecule is CC(C)C1N(C)CC12C[C@@H](O)[C@H](NC(=O)Cc1c[nH]c3ccccc13)C2. The molecule has 1 aliphatic heterocycles. The molecule has 4 atom stereocenters. The summed E-state index contributed by atoms with van der Waals surface area (Å²) in [5.74, 6) is 0.547. The van der Waals surface area contributed by atoms with Crippen LogP contribution in [0.3, 0.4) is 0 Å². The number of aromatic amines is 1. The summed E-state index contributed by atoms with van der Waals surface area (Å²) in [6.07, 6.45) is 3.47. The van der Waals surface area contributed by atoms with E-state index in [1.807, 2.05) is 30.5 Å². The van der Waals surface area contributed by atoms with E-state index < -0.39 is 6.10 Å². The van der Waals surface area contributed by atoms with Crippen molar-refractivity contribution >= 4 is 16.8 Å². The lowest BCUT2D eigenvalue weighted by atomic mass is 9.66. The lowest BCUT2D eigenvalue weighted by Crippen LogP contribution is -2.64. The molecule has 2 aromatic rings. The first kappa shape index (κ1) is 17.6. The van der Waals surface area contributed by atoms with E-state index in [2.05, 4.69) is 36.1 Å². The molecule has 2 aliphatic rings. The molecule has 26 heavy (non-hydrogen) atoms. The molecule has 140 valence electrons. The van der Waals surface area contributed by atoms with E-state index in [0.29, 0.717) is 18.4 Å². The number of aliphatic hydroxyl groups is 1. The van der Waals surface area contributed by atoms with Crippen molar-refractivity contribution in [2.24, 2.45) is 11.3 Å². The number of amides is 1. The molecule has 2 fully saturated rings. The van der Waals surface area contributed by atoms with Crippen molar-refractivity contribution in [2.75, 3.05) is 13.6 Å². The molecule has 2 unspecified atom stereocenters. The normalized spacial score (nSPS) is 31.7. The number of nitrogens with zero attached hydrogens (tertiary/aromatic N) is 1. The minimum absolute atomic E-state index is 0.00960. The second-order valence-electron chi connectivity index (χ2n) is 8.65. The Hall–Kier alpha value is -1.85. The lowest BCUT2D eigenvalue weighted by molar-refractivity contribution is -0.121. The van der Waals surface area contributed by atoms with Crippen LogP contribution in [-0.2, 0) is 11.2 Å². The third kappa shape index (κ3) is 2.83. The zero-order valence-electron chi connectivity index (χ0n) is 15.8. The van der Waals surface area contributed by atoms with E-state index in [4.69, 9.17) is 0 Å². The van der Waals surface area contributed by atoms with Crippen LogP contribution < -0.4 is 5.32 Å². The monoisotopic (exact) mass is 355 g/mol. The molecule has 2 heterocycles. The van der Waals surface area contributed by atoms with Gasteiger partial charge in [0.2, 0.25) is 5.91 Å². The number of hydrogen-bond donors (Lipinski definition) is 3. The summed E-state index contributed by atoms with van der Waals surface area (Å²) in [6.45, 7) is 5.51. The van der Waals surface area contributed by atoms with Crippen LogP contribution in [0.2, 0.25) is 0 Å². The Morgan fingerprint density at radius 3 is 2.88 bits per heavy atom. The molecule has 1 aromatic carbocycles. The molecule has 3 N–H and O–H groups in total. The van der Waals surface area contributed by atoms with Gasteiger partial charge in [0.25, 0.3) is 0 Å². The Kier molecular flexibility index (Phi) is 4.32. The van der Waals surface area contributed by atoms with Gasteiger partial charge in [-0.2, -0.15) is 0 Å². The largest absolute Gasteiger partial charge is 0.391 e. The fourth-order valence-electron chi connectivity index (χ4n) is 5.70. The lowest BCUT2D eigenvalue weighted by Gasteiger charge is -2.57. The number of hydrogen-bond acceptors (Lipinski definition) is 3. The Balaban J connectivity index is 1.42. The number of aromatic nitrogens is 1. The number of para-hydroxylation sites is 1. The standard InChI is InChI=1S/C21H29N3O2/c1-13(2)20-21(12-24(20)3)9-17(18(25)10-21)23-19(26)8-14-11-22-16-7-5-4-6-15(14)16/h4-7,11,13,17-18,20,22,25H,8-10,12H2,1-3H3,(H,23,26)/t17-,18-,20?,21?/m1/s1. The second kappa shape index (κ2) is 6.39. The third-order valence-electron chi connectivity index (χ3n) is 6.38. The van der Waals surface area contributed by atoms with Gasteiger partial charge in [-0.05, 0) is 37.4 Å². The van der Waals surface area contributed by atoms with Crippen LogP contribution in [-0.4, -0.2) is 52.7 Å². The summed E-state index contributed by atoms with van der Waals surface area (Å²) < 4.78 is 0. The predicted molar refractivity (Wildman–Crippen MR) is 103 cm³/mol. The van der Waals surface area contributed by atoms with E-state index in [1.165, 1.54) is 0 Å². The van der Waals surface area contributed by atoms with Gasteiger partial charge in [-0.15, -0.1) is 0 Å². The highest BCUT2D eigenvalue weighted by atomic mass is 16.3. The van der Waals surface area contributed by atoms with Crippen molar-refractivity contribution in [1.29, 1.82) is 0 Å². The average molecular weight is 355 g/mol. The summed E-state index contributed by atoms with van der Waals surface area (Å²) in [7, 11) is 2.16. The highest BCUT2D eigenvalue weighted by Gasteiger charge is 2.58. The molecule has 5 heteroatoms. The summed E-state index contributed by atoms with van der Waals surface area (Å²) >= 11 is 0. The van der Waals surface area contributed by atoms with Crippen molar-refractivity contribution < 1.29 is 9.90 Å². The summed E-state index contributed by atoms with van der Waals surface area (Å²) in [5.41, 5.74) is 2.21. The van der Waals surface area contributed by atoms with Crippen molar-refractivity contribution in [2.45, 2.75) is 51.3 Å². The Morgan fingerprint density at radius 2 is 2.15 bits per heavy atom. The van der Waals surface area contributed by atoms with E-state index >= 15 is 0 Å². The van der Waals surface area contributed by atoms with E-state index in [1.54, 1.807) is 0 Å². The first-order chi connectivity index (χ1) is 12.4. The van der Waals surface area contributed by atoms with Gasteiger partial charge in [-0.25, -0.2) is 0 Å². The number of likely N-dealkylation sites (tertiary alicyclic amines) is 1. The smallest absolute Gasteiger partial charge is 0.224 e. The number of nitrogens with one attached hydrogen (secondary N) is 2. The number of carbonyl (C=O) groups is 1.